The van der Waals surface area contributed by atoms with Crippen molar-refractivity contribution in [1.29, 1.82) is 0 Å². The van der Waals surface area contributed by atoms with Gasteiger partial charge < -0.3 is 15.4 Å². The summed E-state index contributed by atoms with van der Waals surface area (Å²) in [6.45, 7) is 0.492. The van der Waals surface area contributed by atoms with Crippen LogP contribution in [0.1, 0.15) is 0 Å². The van der Waals surface area contributed by atoms with Gasteiger partial charge in [-0.05, 0) is 12.1 Å². The van der Waals surface area contributed by atoms with Crippen molar-refractivity contribution in [2.75, 3.05) is 49.1 Å². The third-order valence-electron chi connectivity index (χ3n) is 5.23. The molecule has 2 aliphatic heterocycles. The van der Waals surface area contributed by atoms with E-state index in [1.54, 1.807) is 0 Å². The van der Waals surface area contributed by atoms with Crippen molar-refractivity contribution in [2.45, 2.75) is 11.0 Å². The highest BCUT2D eigenvalue weighted by molar-refractivity contribution is 7.89. The number of carbonyl (C=O) groups excluding carboxylic acids is 1. The van der Waals surface area contributed by atoms with Gasteiger partial charge in [0.25, 0.3) is 10.0 Å². The molecule has 13 heteroatoms. The van der Waals surface area contributed by atoms with Gasteiger partial charge in [-0.15, -0.1) is 4.41 Å². The number of nitrogens with one attached hydrogen (secondary N) is 1. The molecule has 32 heavy (non-hydrogen) atoms. The molecular weight excluding hydrogens is 446 g/mol. The molecule has 3 N–H and O–H groups in total. The van der Waals surface area contributed by atoms with Gasteiger partial charge in [-0.2, -0.15) is 0 Å². The summed E-state index contributed by atoms with van der Waals surface area (Å²) < 4.78 is 61.5. The van der Waals surface area contributed by atoms with Gasteiger partial charge in [0.05, 0.1) is 12.2 Å². The van der Waals surface area contributed by atoms with Crippen LogP contribution in [0.15, 0.2) is 41.6 Å². The van der Waals surface area contributed by atoms with Gasteiger partial charge in [0, 0.05) is 57.3 Å². The van der Waals surface area contributed by atoms with E-state index in [4.69, 9.17) is 10.5 Å². The molecule has 1 aromatic heterocycles. The van der Waals surface area contributed by atoms with E-state index in [2.05, 4.69) is 10.4 Å². The molecule has 172 valence electrons. The predicted octanol–water partition coefficient (Wildman–Crippen LogP) is 0.659. The van der Waals surface area contributed by atoms with E-state index in [0.717, 1.165) is 21.4 Å². The molecule has 0 bridgehead atoms. The van der Waals surface area contributed by atoms with Crippen molar-refractivity contribution in [3.8, 4) is 0 Å². The molecule has 10 nitrogen and oxygen atoms in total. The number of anilines is 2. The second kappa shape index (κ2) is 8.94. The van der Waals surface area contributed by atoms with Crippen LogP contribution in [0.25, 0.3) is 0 Å². The van der Waals surface area contributed by atoms with E-state index in [1.165, 1.54) is 29.4 Å². The molecule has 2 aromatic rings. The van der Waals surface area contributed by atoms with E-state index < -0.39 is 33.9 Å². The lowest BCUT2D eigenvalue weighted by molar-refractivity contribution is 0.145. The summed E-state index contributed by atoms with van der Waals surface area (Å²) in [5.74, 6) is -1.74. The summed E-state index contributed by atoms with van der Waals surface area (Å²) in [7, 11) is -3.87. The number of ether oxygens (including phenoxy) is 1. The van der Waals surface area contributed by atoms with Gasteiger partial charge in [-0.1, -0.05) is 0 Å². The lowest BCUT2D eigenvalue weighted by Gasteiger charge is -2.25. The quantitative estimate of drug-likeness (QED) is 0.657. The largest absolute Gasteiger partial charge is 0.443 e. The van der Waals surface area contributed by atoms with Crippen molar-refractivity contribution in [2.24, 2.45) is 5.73 Å². The zero-order chi connectivity index (χ0) is 22.9. The average molecular weight is 468 g/mol. The standard InChI is InChI=1S/C19H22F2N6O4S/c20-16-8-13(26-12-14(10-22)31-19(26)28)9-17(21)18(16)25-5-4-24-27(7-6-25)32(29,30)15-2-1-3-23-11-15/h1-3,8-9,11,14,24H,4-7,10,12,22H2/t14-/m0/s1. The van der Waals surface area contributed by atoms with Gasteiger partial charge in [-0.3, -0.25) is 9.88 Å². The Hall–Kier alpha value is -2.87. The van der Waals surface area contributed by atoms with E-state index in [0.29, 0.717) is 0 Å². The zero-order valence-electron chi connectivity index (χ0n) is 16.9. The predicted molar refractivity (Wildman–Crippen MR) is 111 cm³/mol. The Bertz CT molecular complexity index is 1080. The molecule has 2 aliphatic rings. The first-order valence-corrected chi connectivity index (χ1v) is 11.3. The molecule has 0 unspecified atom stereocenters. The van der Waals surface area contributed by atoms with Crippen molar-refractivity contribution in [1.82, 2.24) is 14.8 Å². The van der Waals surface area contributed by atoms with Crippen LogP contribution in [0, 0.1) is 11.6 Å². The monoisotopic (exact) mass is 468 g/mol. The molecule has 0 aliphatic carbocycles. The maximum atomic E-state index is 14.9. The summed E-state index contributed by atoms with van der Waals surface area (Å²) in [5, 5.41) is 0. The van der Waals surface area contributed by atoms with Gasteiger partial charge >= 0.3 is 6.09 Å². The molecule has 0 saturated carbocycles. The lowest BCUT2D eigenvalue weighted by atomic mass is 10.2. The molecule has 3 heterocycles. The molecule has 1 aromatic carbocycles. The average Bonchev–Trinajstić information content (AvgIpc) is 2.98. The Balaban J connectivity index is 1.53. The number of cyclic esters (lactones) is 1. The molecule has 1 atom stereocenters. The number of amides is 1. The summed E-state index contributed by atoms with van der Waals surface area (Å²) in [6.07, 6.45) is 1.43. The highest BCUT2D eigenvalue weighted by Gasteiger charge is 2.33. The van der Waals surface area contributed by atoms with Crippen molar-refractivity contribution < 1.29 is 26.7 Å². The Labute approximate surface area is 183 Å². The van der Waals surface area contributed by atoms with Crippen LogP contribution in [0.3, 0.4) is 0 Å². The summed E-state index contributed by atoms with van der Waals surface area (Å²) >= 11 is 0. The van der Waals surface area contributed by atoms with E-state index in [-0.39, 0.29) is 55.5 Å². The second-order valence-electron chi connectivity index (χ2n) is 7.27. The highest BCUT2D eigenvalue weighted by Crippen LogP contribution is 2.31. The van der Waals surface area contributed by atoms with E-state index >= 15 is 0 Å². The third-order valence-corrected chi connectivity index (χ3v) is 6.96. The van der Waals surface area contributed by atoms with Crippen LogP contribution in [0.2, 0.25) is 0 Å². The maximum Gasteiger partial charge on any atom is 0.414 e. The van der Waals surface area contributed by atoms with Crippen molar-refractivity contribution >= 4 is 27.5 Å². The Kier molecular flexibility index (Phi) is 6.24. The molecular formula is C19H22F2N6O4S. The minimum absolute atomic E-state index is 0.0101. The number of nitrogens with two attached hydrogens (primary N) is 1. The highest BCUT2D eigenvalue weighted by atomic mass is 32.2. The number of aromatic nitrogens is 1. The first-order chi connectivity index (χ1) is 15.3. The van der Waals surface area contributed by atoms with Crippen LogP contribution in [-0.4, -0.2) is 69.3 Å². The molecule has 0 radical (unpaired) electrons. The third kappa shape index (κ3) is 4.24. The molecule has 4 rings (SSSR count). The first-order valence-electron chi connectivity index (χ1n) is 9.89. The zero-order valence-corrected chi connectivity index (χ0v) is 17.8. The van der Waals surface area contributed by atoms with E-state index in [9.17, 15) is 22.0 Å². The lowest BCUT2D eigenvalue weighted by Crippen LogP contribution is -2.43. The topological polar surface area (TPSA) is 121 Å². The number of hydrazine groups is 1. The molecule has 0 spiro atoms. The Morgan fingerprint density at radius 2 is 1.97 bits per heavy atom. The van der Waals surface area contributed by atoms with Crippen molar-refractivity contribution in [3.05, 3.63) is 48.3 Å². The van der Waals surface area contributed by atoms with Crippen LogP contribution in [-0.2, 0) is 14.8 Å². The smallest absolute Gasteiger partial charge is 0.414 e. The number of benzene rings is 1. The van der Waals surface area contributed by atoms with Crippen LogP contribution in [0.5, 0.6) is 0 Å². The maximum absolute atomic E-state index is 14.9. The van der Waals surface area contributed by atoms with Gasteiger partial charge in [0.15, 0.2) is 11.6 Å². The summed E-state index contributed by atoms with van der Waals surface area (Å²) in [5.41, 5.74) is 8.01. The Morgan fingerprint density at radius 1 is 1.22 bits per heavy atom. The summed E-state index contributed by atoms with van der Waals surface area (Å²) in [4.78, 5) is 18.3. The number of rotatable bonds is 5. The SMILES string of the molecule is NC[C@H]1CN(c2cc(F)c(N3CCNN(S(=O)(=O)c4cccnc4)CC3)c(F)c2)C(=O)O1. The van der Waals surface area contributed by atoms with Crippen LogP contribution >= 0.6 is 0 Å². The minimum Gasteiger partial charge on any atom is -0.443 e. The number of carbonyl (C=O) groups is 1. The van der Waals surface area contributed by atoms with Gasteiger partial charge in [-0.25, -0.2) is 27.4 Å². The number of halogens is 2. The van der Waals surface area contributed by atoms with Gasteiger partial charge in [0.1, 0.15) is 16.7 Å². The molecule has 1 amide bonds. The fraction of sp³-hybridized carbons (Fsp3) is 0.368. The van der Waals surface area contributed by atoms with Crippen LogP contribution in [0.4, 0.5) is 25.0 Å². The normalized spacial score (nSPS) is 20.3. The first kappa shape index (κ1) is 22.3. The Morgan fingerprint density at radius 3 is 2.59 bits per heavy atom. The number of nitrogens with zero attached hydrogens (tertiary/aromatic N) is 4. The molecule has 2 saturated heterocycles. The van der Waals surface area contributed by atoms with Gasteiger partial charge in [0.2, 0.25) is 0 Å². The fourth-order valence-corrected chi connectivity index (χ4v) is 4.92. The fourth-order valence-electron chi connectivity index (χ4n) is 3.63. The molecule has 2 fully saturated rings. The number of hydrogen-bond donors (Lipinski definition) is 2. The second-order valence-corrected chi connectivity index (χ2v) is 9.13. The van der Waals surface area contributed by atoms with Crippen molar-refractivity contribution in [3.63, 3.8) is 0 Å². The van der Waals surface area contributed by atoms with E-state index in [1.807, 2.05) is 0 Å². The minimum atomic E-state index is -3.87. The number of sulfonamides is 1. The number of hydrogen-bond acceptors (Lipinski definition) is 8. The van der Waals surface area contributed by atoms with Crippen LogP contribution < -0.4 is 21.0 Å². The summed E-state index contributed by atoms with van der Waals surface area (Å²) in [6, 6.07) is 5.04. The number of pyridine rings is 1.